The number of imidazole rings is 1. The van der Waals surface area contributed by atoms with Crippen molar-refractivity contribution >= 4 is 5.91 Å². The number of likely N-dealkylation sites (tertiary alicyclic amines) is 1. The van der Waals surface area contributed by atoms with Crippen molar-refractivity contribution in [3.63, 3.8) is 0 Å². The van der Waals surface area contributed by atoms with E-state index >= 15 is 0 Å². The Balaban J connectivity index is 1.64. The Bertz CT molecular complexity index is 547. The molecular weight excluding hydrogens is 300 g/mol. The highest BCUT2D eigenvalue weighted by molar-refractivity contribution is 5.77. The highest BCUT2D eigenvalue weighted by atomic mass is 16.2. The van der Waals surface area contributed by atoms with Gasteiger partial charge < -0.3 is 15.2 Å². The smallest absolute Gasteiger partial charge is 0.223 e. The molecule has 1 aromatic rings. The minimum Gasteiger partial charge on any atom is -0.341 e. The Kier molecular flexibility index (Phi) is 5.59. The summed E-state index contributed by atoms with van der Waals surface area (Å²) in [7, 11) is 0. The maximum absolute atomic E-state index is 12.9. The minimum absolute atomic E-state index is 0.0614. The van der Waals surface area contributed by atoms with Crippen molar-refractivity contribution in [3.8, 4) is 0 Å². The number of piperidine rings is 1. The first kappa shape index (κ1) is 17.5. The molecule has 1 saturated heterocycles. The van der Waals surface area contributed by atoms with E-state index in [0.717, 1.165) is 51.0 Å². The van der Waals surface area contributed by atoms with E-state index in [1.165, 1.54) is 19.3 Å². The minimum atomic E-state index is 0.0614. The van der Waals surface area contributed by atoms with Crippen LogP contribution in [0.25, 0.3) is 0 Å². The molecule has 0 spiro atoms. The molecule has 1 aliphatic carbocycles. The van der Waals surface area contributed by atoms with Crippen molar-refractivity contribution in [2.75, 3.05) is 19.6 Å². The molecule has 1 aliphatic heterocycles. The molecule has 2 N–H and O–H groups in total. The van der Waals surface area contributed by atoms with Crippen LogP contribution in [0.5, 0.6) is 0 Å². The second kappa shape index (κ2) is 7.68. The van der Waals surface area contributed by atoms with Gasteiger partial charge in [-0.2, -0.15) is 0 Å². The van der Waals surface area contributed by atoms with Crippen LogP contribution >= 0.6 is 0 Å². The molecule has 2 aliphatic rings. The SMILES string of the molecule is CCc1nccn1C1CCCN(C(=O)CC2(CN)CCCCC2)C1. The van der Waals surface area contributed by atoms with E-state index in [-0.39, 0.29) is 5.41 Å². The molecule has 3 rings (SSSR count). The Hall–Kier alpha value is -1.36. The number of nitrogens with zero attached hydrogens (tertiary/aromatic N) is 3. The number of amides is 1. The quantitative estimate of drug-likeness (QED) is 0.901. The van der Waals surface area contributed by atoms with E-state index in [2.05, 4.69) is 27.6 Å². The summed E-state index contributed by atoms with van der Waals surface area (Å²) in [6.07, 6.45) is 13.7. The average Bonchev–Trinajstić information content (AvgIpc) is 3.11. The summed E-state index contributed by atoms with van der Waals surface area (Å²) in [6, 6.07) is 0.375. The predicted molar refractivity (Wildman–Crippen MR) is 95.6 cm³/mol. The largest absolute Gasteiger partial charge is 0.341 e. The molecule has 5 heteroatoms. The number of hydrogen-bond acceptors (Lipinski definition) is 3. The topological polar surface area (TPSA) is 64.2 Å². The molecule has 1 aromatic heterocycles. The number of hydrogen-bond donors (Lipinski definition) is 1. The summed E-state index contributed by atoms with van der Waals surface area (Å²) in [5, 5.41) is 0. The van der Waals surface area contributed by atoms with Gasteiger partial charge in [-0.05, 0) is 37.6 Å². The lowest BCUT2D eigenvalue weighted by Crippen LogP contribution is -2.45. The van der Waals surface area contributed by atoms with E-state index in [0.29, 0.717) is 24.9 Å². The van der Waals surface area contributed by atoms with Crippen LogP contribution in [0, 0.1) is 5.41 Å². The molecule has 24 heavy (non-hydrogen) atoms. The third-order valence-corrected chi connectivity index (χ3v) is 6.08. The van der Waals surface area contributed by atoms with Crippen molar-refractivity contribution in [2.24, 2.45) is 11.1 Å². The highest BCUT2D eigenvalue weighted by Crippen LogP contribution is 2.39. The van der Waals surface area contributed by atoms with Gasteiger partial charge in [-0.3, -0.25) is 4.79 Å². The second-order valence-electron chi connectivity index (χ2n) is 7.68. The molecular formula is C19H32N4O. The van der Waals surface area contributed by atoms with Crippen LogP contribution in [0.1, 0.15) is 70.2 Å². The van der Waals surface area contributed by atoms with Crippen LogP contribution in [-0.2, 0) is 11.2 Å². The molecule has 0 radical (unpaired) electrons. The predicted octanol–water partition coefficient (Wildman–Crippen LogP) is 2.91. The Labute approximate surface area is 145 Å². The van der Waals surface area contributed by atoms with Crippen LogP contribution in [0.3, 0.4) is 0 Å². The number of nitrogens with two attached hydrogens (primary N) is 1. The van der Waals surface area contributed by atoms with Crippen LogP contribution in [0.4, 0.5) is 0 Å². The van der Waals surface area contributed by atoms with Gasteiger partial charge in [0, 0.05) is 38.3 Å². The summed E-state index contributed by atoms with van der Waals surface area (Å²) >= 11 is 0. The van der Waals surface area contributed by atoms with E-state index in [9.17, 15) is 4.79 Å². The van der Waals surface area contributed by atoms with Crippen molar-refractivity contribution in [1.29, 1.82) is 0 Å². The van der Waals surface area contributed by atoms with E-state index in [1.54, 1.807) is 0 Å². The normalized spacial score (nSPS) is 24.1. The number of carbonyl (C=O) groups excluding carboxylic acids is 1. The second-order valence-corrected chi connectivity index (χ2v) is 7.68. The van der Waals surface area contributed by atoms with Gasteiger partial charge in [-0.1, -0.05) is 26.2 Å². The maximum atomic E-state index is 12.9. The Morgan fingerprint density at radius 3 is 2.83 bits per heavy atom. The van der Waals surface area contributed by atoms with Gasteiger partial charge in [0.25, 0.3) is 0 Å². The van der Waals surface area contributed by atoms with Crippen LogP contribution in [-0.4, -0.2) is 40.0 Å². The zero-order valence-electron chi connectivity index (χ0n) is 15.0. The molecule has 1 unspecified atom stereocenters. The van der Waals surface area contributed by atoms with E-state index in [4.69, 9.17) is 5.73 Å². The molecule has 1 atom stereocenters. The van der Waals surface area contributed by atoms with Crippen molar-refractivity contribution in [3.05, 3.63) is 18.2 Å². The lowest BCUT2D eigenvalue weighted by Gasteiger charge is -2.39. The van der Waals surface area contributed by atoms with Gasteiger partial charge in [0.2, 0.25) is 5.91 Å². The summed E-state index contributed by atoms with van der Waals surface area (Å²) < 4.78 is 2.28. The average molecular weight is 332 g/mol. The molecule has 2 heterocycles. The van der Waals surface area contributed by atoms with Crippen molar-refractivity contribution in [1.82, 2.24) is 14.5 Å². The monoisotopic (exact) mass is 332 g/mol. The summed E-state index contributed by atoms with van der Waals surface area (Å²) in [5.74, 6) is 1.44. The van der Waals surface area contributed by atoms with Gasteiger partial charge in [0.15, 0.2) is 0 Å². The molecule has 0 bridgehead atoms. The first-order chi connectivity index (χ1) is 11.7. The third-order valence-electron chi connectivity index (χ3n) is 6.08. The standard InChI is InChI=1S/C19H32N4O/c1-2-17-21-10-12-23(17)16-7-6-11-22(14-16)18(24)13-19(15-20)8-4-3-5-9-19/h10,12,16H,2-9,11,13-15,20H2,1H3. The number of aromatic nitrogens is 2. The number of carbonyl (C=O) groups is 1. The first-order valence-electron chi connectivity index (χ1n) is 9.67. The van der Waals surface area contributed by atoms with Crippen LogP contribution < -0.4 is 5.73 Å². The molecule has 2 fully saturated rings. The van der Waals surface area contributed by atoms with Crippen molar-refractivity contribution in [2.45, 2.75) is 70.8 Å². The zero-order valence-corrected chi connectivity index (χ0v) is 15.0. The third kappa shape index (κ3) is 3.66. The molecule has 1 saturated carbocycles. The molecule has 134 valence electrons. The lowest BCUT2D eigenvalue weighted by atomic mass is 9.71. The fourth-order valence-electron chi connectivity index (χ4n) is 4.55. The first-order valence-corrected chi connectivity index (χ1v) is 9.67. The molecule has 0 aromatic carbocycles. The highest BCUT2D eigenvalue weighted by Gasteiger charge is 2.35. The molecule has 1 amide bonds. The van der Waals surface area contributed by atoms with Gasteiger partial charge in [-0.25, -0.2) is 4.98 Å². The summed E-state index contributed by atoms with van der Waals surface area (Å²) in [4.78, 5) is 19.5. The fraction of sp³-hybridized carbons (Fsp3) is 0.789. The zero-order chi connectivity index (χ0) is 17.0. The Morgan fingerprint density at radius 2 is 2.12 bits per heavy atom. The van der Waals surface area contributed by atoms with E-state index in [1.807, 2.05) is 6.20 Å². The van der Waals surface area contributed by atoms with E-state index < -0.39 is 0 Å². The lowest BCUT2D eigenvalue weighted by molar-refractivity contribution is -0.135. The van der Waals surface area contributed by atoms with Crippen molar-refractivity contribution < 1.29 is 4.79 Å². The molecule has 5 nitrogen and oxygen atoms in total. The maximum Gasteiger partial charge on any atom is 0.223 e. The van der Waals surface area contributed by atoms with Gasteiger partial charge in [-0.15, -0.1) is 0 Å². The fourth-order valence-corrected chi connectivity index (χ4v) is 4.55. The summed E-state index contributed by atoms with van der Waals surface area (Å²) in [6.45, 7) is 4.51. The van der Waals surface area contributed by atoms with Crippen LogP contribution in [0.2, 0.25) is 0 Å². The van der Waals surface area contributed by atoms with Gasteiger partial charge >= 0.3 is 0 Å². The summed E-state index contributed by atoms with van der Waals surface area (Å²) in [5.41, 5.74) is 6.14. The number of rotatable bonds is 5. The van der Waals surface area contributed by atoms with Crippen LogP contribution in [0.15, 0.2) is 12.4 Å². The van der Waals surface area contributed by atoms with Gasteiger partial charge in [0.05, 0.1) is 6.04 Å². The number of aryl methyl sites for hydroxylation is 1. The van der Waals surface area contributed by atoms with Gasteiger partial charge in [0.1, 0.15) is 5.82 Å². The Morgan fingerprint density at radius 1 is 1.33 bits per heavy atom.